The van der Waals surface area contributed by atoms with E-state index < -0.39 is 0 Å². The molecule has 0 unspecified atom stereocenters. The number of hydrogen-bond donors (Lipinski definition) is 0. The third-order valence-electron chi connectivity index (χ3n) is 0.446. The van der Waals surface area contributed by atoms with E-state index in [4.69, 9.17) is 0 Å². The van der Waals surface area contributed by atoms with Gasteiger partial charge in [0, 0.05) is 11.0 Å². The van der Waals surface area contributed by atoms with Gasteiger partial charge in [-0.25, -0.2) is 0 Å². The van der Waals surface area contributed by atoms with Gasteiger partial charge in [0.05, 0.1) is 0 Å². The maximum atomic E-state index is 3.62. The van der Waals surface area contributed by atoms with Crippen molar-refractivity contribution < 1.29 is 0 Å². The van der Waals surface area contributed by atoms with E-state index in [1.165, 1.54) is 0 Å². The van der Waals surface area contributed by atoms with Crippen molar-refractivity contribution in [1.29, 1.82) is 0 Å². The number of rotatable bonds is 4. The standard InChI is InChI=1S/C6H12S2/c1-4-5-7-8-6(2)3/h4,6H,1,5H2,2-3H3. The lowest BCUT2D eigenvalue weighted by Crippen LogP contribution is -1.80. The average Bonchev–Trinajstić information content (AvgIpc) is 1.66. The van der Waals surface area contributed by atoms with E-state index in [1.807, 2.05) is 27.7 Å². The molecule has 0 aromatic rings. The summed E-state index contributed by atoms with van der Waals surface area (Å²) in [6.07, 6.45) is 1.93. The molecule has 0 aliphatic carbocycles. The molecule has 0 rings (SSSR count). The first kappa shape index (κ1) is 8.44. The molecule has 0 radical (unpaired) electrons. The van der Waals surface area contributed by atoms with Crippen molar-refractivity contribution in [3.8, 4) is 0 Å². The van der Waals surface area contributed by atoms with Crippen molar-refractivity contribution in [2.24, 2.45) is 0 Å². The fraction of sp³-hybridized carbons (Fsp3) is 0.667. The molecule has 0 bridgehead atoms. The summed E-state index contributed by atoms with van der Waals surface area (Å²) in [5, 5.41) is 0.736. The molecule has 0 fully saturated rings. The van der Waals surface area contributed by atoms with E-state index in [0.29, 0.717) is 0 Å². The Bertz CT molecular complexity index is 59.5. The van der Waals surface area contributed by atoms with E-state index in [0.717, 1.165) is 11.0 Å². The first-order chi connectivity index (χ1) is 3.77. The Morgan fingerprint density at radius 2 is 2.25 bits per heavy atom. The maximum absolute atomic E-state index is 3.62. The molecule has 0 saturated carbocycles. The van der Waals surface area contributed by atoms with E-state index >= 15 is 0 Å². The predicted octanol–water partition coefficient (Wildman–Crippen LogP) is 2.96. The van der Waals surface area contributed by atoms with Crippen LogP contribution in [0.4, 0.5) is 0 Å². The molecular formula is C6H12S2. The van der Waals surface area contributed by atoms with Crippen LogP contribution in [0.25, 0.3) is 0 Å². The highest BCUT2D eigenvalue weighted by atomic mass is 33.1. The lowest BCUT2D eigenvalue weighted by atomic mass is 10.6. The predicted molar refractivity (Wildman–Crippen MR) is 45.4 cm³/mol. The normalized spacial score (nSPS) is 9.88. The molecule has 2 heteroatoms. The Kier molecular flexibility index (Phi) is 5.88. The van der Waals surface area contributed by atoms with Gasteiger partial charge >= 0.3 is 0 Å². The zero-order valence-corrected chi connectivity index (χ0v) is 7.02. The van der Waals surface area contributed by atoms with Gasteiger partial charge in [-0.2, -0.15) is 0 Å². The lowest BCUT2D eigenvalue weighted by molar-refractivity contribution is 1.12. The summed E-state index contributed by atoms with van der Waals surface area (Å²) >= 11 is 0. The van der Waals surface area contributed by atoms with Crippen molar-refractivity contribution in [3.63, 3.8) is 0 Å². The highest BCUT2D eigenvalue weighted by molar-refractivity contribution is 8.77. The third kappa shape index (κ3) is 6.44. The summed E-state index contributed by atoms with van der Waals surface area (Å²) in [6, 6.07) is 0. The van der Waals surface area contributed by atoms with Crippen LogP contribution in [0.15, 0.2) is 12.7 Å². The molecule has 0 aliphatic rings. The van der Waals surface area contributed by atoms with Gasteiger partial charge in [-0.05, 0) is 0 Å². The molecular weight excluding hydrogens is 136 g/mol. The van der Waals surface area contributed by atoms with Crippen LogP contribution in [0, 0.1) is 0 Å². The van der Waals surface area contributed by atoms with Crippen LogP contribution in [-0.4, -0.2) is 11.0 Å². The van der Waals surface area contributed by atoms with E-state index in [2.05, 4.69) is 20.4 Å². The summed E-state index contributed by atoms with van der Waals surface area (Å²) in [5.41, 5.74) is 0. The molecule has 0 aromatic heterocycles. The first-order valence-corrected chi connectivity index (χ1v) is 5.04. The van der Waals surface area contributed by atoms with Crippen LogP contribution in [0.5, 0.6) is 0 Å². The lowest BCUT2D eigenvalue weighted by Gasteiger charge is -1.98. The molecule has 0 aromatic carbocycles. The summed E-state index contributed by atoms with van der Waals surface area (Å²) < 4.78 is 0. The fourth-order valence-corrected chi connectivity index (χ4v) is 2.01. The highest BCUT2D eigenvalue weighted by Crippen LogP contribution is 2.25. The summed E-state index contributed by atoms with van der Waals surface area (Å²) in [7, 11) is 3.76. The van der Waals surface area contributed by atoms with Gasteiger partial charge in [0.15, 0.2) is 0 Å². The fourth-order valence-electron chi connectivity index (χ4n) is 0.223. The Hall–Kier alpha value is 0.440. The zero-order chi connectivity index (χ0) is 6.41. The van der Waals surface area contributed by atoms with Gasteiger partial charge in [-0.15, -0.1) is 6.58 Å². The van der Waals surface area contributed by atoms with Crippen LogP contribution in [0.3, 0.4) is 0 Å². The SMILES string of the molecule is C=CCSSC(C)C. The average molecular weight is 148 g/mol. The monoisotopic (exact) mass is 148 g/mol. The van der Waals surface area contributed by atoms with E-state index in [9.17, 15) is 0 Å². The Morgan fingerprint density at radius 3 is 2.62 bits per heavy atom. The molecule has 0 N–H and O–H groups in total. The van der Waals surface area contributed by atoms with Gasteiger partial charge in [-0.1, -0.05) is 41.5 Å². The molecule has 0 aliphatic heterocycles. The van der Waals surface area contributed by atoms with Gasteiger partial charge in [0.2, 0.25) is 0 Å². The van der Waals surface area contributed by atoms with Crippen LogP contribution in [-0.2, 0) is 0 Å². The minimum Gasteiger partial charge on any atom is -0.102 e. The van der Waals surface area contributed by atoms with Crippen molar-refractivity contribution in [1.82, 2.24) is 0 Å². The highest BCUT2D eigenvalue weighted by Gasteiger charge is 1.90. The summed E-state index contributed by atoms with van der Waals surface area (Å²) in [5.74, 6) is 1.06. The largest absolute Gasteiger partial charge is 0.102 e. The molecule has 48 valence electrons. The topological polar surface area (TPSA) is 0 Å². The molecule has 0 saturated heterocycles. The first-order valence-electron chi connectivity index (χ1n) is 2.66. The second-order valence-electron chi connectivity index (χ2n) is 1.72. The van der Waals surface area contributed by atoms with Crippen LogP contribution in [0.1, 0.15) is 13.8 Å². The Balaban J connectivity index is 2.81. The third-order valence-corrected chi connectivity index (χ3v) is 3.31. The zero-order valence-electron chi connectivity index (χ0n) is 5.39. The van der Waals surface area contributed by atoms with Crippen LogP contribution >= 0.6 is 21.6 Å². The summed E-state index contributed by atoms with van der Waals surface area (Å²) in [6.45, 7) is 8.01. The minimum atomic E-state index is 0.736. The second-order valence-corrected chi connectivity index (χ2v) is 4.71. The minimum absolute atomic E-state index is 0.736. The molecule has 0 heterocycles. The molecule has 0 amide bonds. The van der Waals surface area contributed by atoms with Gasteiger partial charge in [-0.3, -0.25) is 0 Å². The Morgan fingerprint density at radius 1 is 1.62 bits per heavy atom. The number of hydrogen-bond acceptors (Lipinski definition) is 2. The van der Waals surface area contributed by atoms with Gasteiger partial charge in [0.1, 0.15) is 0 Å². The second kappa shape index (κ2) is 5.57. The van der Waals surface area contributed by atoms with E-state index in [1.54, 1.807) is 0 Å². The molecule has 0 atom stereocenters. The van der Waals surface area contributed by atoms with Gasteiger partial charge < -0.3 is 0 Å². The van der Waals surface area contributed by atoms with E-state index in [-0.39, 0.29) is 0 Å². The molecule has 0 spiro atoms. The van der Waals surface area contributed by atoms with Crippen LogP contribution in [0.2, 0.25) is 0 Å². The quantitative estimate of drug-likeness (QED) is 0.341. The van der Waals surface area contributed by atoms with Crippen molar-refractivity contribution in [2.75, 3.05) is 5.75 Å². The summed E-state index contributed by atoms with van der Waals surface area (Å²) in [4.78, 5) is 0. The van der Waals surface area contributed by atoms with Gasteiger partial charge in [0.25, 0.3) is 0 Å². The maximum Gasteiger partial charge on any atom is 0.0215 e. The Labute approximate surface area is 59.5 Å². The van der Waals surface area contributed by atoms with Crippen molar-refractivity contribution in [3.05, 3.63) is 12.7 Å². The smallest absolute Gasteiger partial charge is 0.0215 e. The van der Waals surface area contributed by atoms with Crippen LogP contribution < -0.4 is 0 Å². The molecule has 0 nitrogen and oxygen atoms in total. The van der Waals surface area contributed by atoms with Crippen molar-refractivity contribution in [2.45, 2.75) is 19.1 Å². The molecule has 8 heavy (non-hydrogen) atoms. The van der Waals surface area contributed by atoms with Crippen molar-refractivity contribution >= 4 is 21.6 Å².